The Balaban J connectivity index is 1.83. The number of anilines is 1. The largest absolute Gasteiger partial charge is 0.477 e. The average molecular weight is 421 g/mol. The first-order chi connectivity index (χ1) is 14.3. The number of aldehydes is 1. The summed E-state index contributed by atoms with van der Waals surface area (Å²) in [5.74, 6) is -3.31. The maximum Gasteiger partial charge on any atom is 0.341 e. The molecular formula is C20H21F2N3O5. The lowest BCUT2D eigenvalue weighted by Crippen LogP contribution is -2.45. The van der Waals surface area contributed by atoms with Gasteiger partial charge in [0, 0.05) is 25.3 Å². The van der Waals surface area contributed by atoms with Crippen molar-refractivity contribution >= 4 is 28.8 Å². The zero-order chi connectivity index (χ0) is 21.6. The number of ether oxygens (including phenoxy) is 1. The van der Waals surface area contributed by atoms with Gasteiger partial charge in [0.15, 0.2) is 5.82 Å². The number of carboxylic acids is 1. The van der Waals surface area contributed by atoms with E-state index in [1.54, 1.807) is 0 Å². The normalized spacial score (nSPS) is 20.4. The second-order valence-corrected chi connectivity index (χ2v) is 7.71. The van der Waals surface area contributed by atoms with Gasteiger partial charge in [0.25, 0.3) is 0 Å². The maximum atomic E-state index is 15.6. The van der Waals surface area contributed by atoms with E-state index in [0.29, 0.717) is 19.1 Å². The number of carboxylic acid groups (broad SMARTS) is 1. The molecule has 1 aliphatic carbocycles. The highest BCUT2D eigenvalue weighted by molar-refractivity contribution is 5.94. The van der Waals surface area contributed by atoms with E-state index < -0.39 is 40.7 Å². The van der Waals surface area contributed by atoms with Crippen LogP contribution in [-0.2, 0) is 9.53 Å². The molecule has 3 N–H and O–H groups in total. The number of carbonyl (C=O) groups is 2. The van der Waals surface area contributed by atoms with Gasteiger partial charge in [-0.25, -0.2) is 13.6 Å². The molecule has 0 bridgehead atoms. The van der Waals surface area contributed by atoms with Crippen molar-refractivity contribution in [2.24, 2.45) is 5.73 Å². The first kappa shape index (κ1) is 20.4. The minimum atomic E-state index is -1.44. The molecule has 8 nitrogen and oxygen atoms in total. The molecule has 2 aliphatic rings. The Kier molecular flexibility index (Phi) is 5.29. The number of aromatic carboxylic acids is 1. The van der Waals surface area contributed by atoms with Gasteiger partial charge in [-0.1, -0.05) is 0 Å². The number of rotatable bonds is 6. The molecule has 1 saturated heterocycles. The average Bonchev–Trinajstić information content (AvgIpc) is 3.54. The first-order valence-corrected chi connectivity index (χ1v) is 9.69. The zero-order valence-corrected chi connectivity index (χ0v) is 16.0. The Labute approximate surface area is 169 Å². The van der Waals surface area contributed by atoms with Gasteiger partial charge in [-0.3, -0.25) is 4.79 Å². The van der Waals surface area contributed by atoms with Crippen molar-refractivity contribution in [1.29, 1.82) is 0 Å². The van der Waals surface area contributed by atoms with Crippen LogP contribution in [0.25, 0.3) is 10.9 Å². The molecule has 4 rings (SSSR count). The lowest BCUT2D eigenvalue weighted by atomic mass is 10.1. The molecule has 1 aliphatic heterocycles. The van der Waals surface area contributed by atoms with Crippen molar-refractivity contribution < 1.29 is 28.2 Å². The van der Waals surface area contributed by atoms with Crippen molar-refractivity contribution in [2.45, 2.75) is 37.5 Å². The fourth-order valence-electron chi connectivity index (χ4n) is 3.94. The van der Waals surface area contributed by atoms with Crippen LogP contribution in [0.15, 0.2) is 17.1 Å². The summed E-state index contributed by atoms with van der Waals surface area (Å²) in [5, 5.41) is 9.01. The van der Waals surface area contributed by atoms with Gasteiger partial charge in [-0.2, -0.15) is 0 Å². The number of hydrogen-bond donors (Lipinski definition) is 2. The van der Waals surface area contributed by atoms with Crippen LogP contribution in [0.2, 0.25) is 0 Å². The molecule has 1 saturated carbocycles. The van der Waals surface area contributed by atoms with Crippen LogP contribution in [-0.4, -0.2) is 53.8 Å². The van der Waals surface area contributed by atoms with Crippen molar-refractivity contribution in [2.75, 3.05) is 24.6 Å². The van der Waals surface area contributed by atoms with Crippen LogP contribution in [0.4, 0.5) is 14.5 Å². The number of morpholine rings is 1. The van der Waals surface area contributed by atoms with Gasteiger partial charge >= 0.3 is 5.97 Å². The van der Waals surface area contributed by atoms with Gasteiger partial charge in [0.2, 0.25) is 5.43 Å². The Hall–Kier alpha value is -2.85. The van der Waals surface area contributed by atoms with E-state index in [1.165, 1.54) is 9.47 Å². The summed E-state index contributed by atoms with van der Waals surface area (Å²) < 4.78 is 37.6. The highest BCUT2D eigenvalue weighted by atomic mass is 19.1. The summed E-state index contributed by atoms with van der Waals surface area (Å²) in [7, 11) is 0. The number of hydrogen-bond acceptors (Lipinski definition) is 6. The van der Waals surface area contributed by atoms with E-state index in [-0.39, 0.29) is 48.7 Å². The lowest BCUT2D eigenvalue weighted by molar-refractivity contribution is -0.109. The van der Waals surface area contributed by atoms with Crippen LogP contribution >= 0.6 is 0 Å². The monoisotopic (exact) mass is 421 g/mol. The number of nitrogens with two attached hydrogens (primary N) is 1. The molecule has 2 heterocycles. The van der Waals surface area contributed by atoms with Gasteiger partial charge in [0.1, 0.15) is 23.4 Å². The smallest absolute Gasteiger partial charge is 0.341 e. The highest BCUT2D eigenvalue weighted by Crippen LogP contribution is 2.39. The standard InChI is InChI=1S/C20H21F2N3O5/c21-15-6-13-17(25(11-1-2-11)8-14(19(13)27)20(28)29)16(22)18(15)24-3-4-30-12(7-24)5-10(23)9-26/h6,8-12H,1-5,7,23H2,(H,28,29). The second kappa shape index (κ2) is 7.77. The first-order valence-electron chi connectivity index (χ1n) is 9.69. The Morgan fingerprint density at radius 1 is 1.40 bits per heavy atom. The summed E-state index contributed by atoms with van der Waals surface area (Å²) in [6.07, 6.45) is 2.90. The van der Waals surface area contributed by atoms with E-state index in [9.17, 15) is 23.9 Å². The third-order valence-corrected chi connectivity index (χ3v) is 5.52. The van der Waals surface area contributed by atoms with Crippen LogP contribution in [0.1, 0.15) is 35.7 Å². The predicted molar refractivity (Wildman–Crippen MR) is 104 cm³/mol. The van der Waals surface area contributed by atoms with Gasteiger partial charge in [-0.15, -0.1) is 0 Å². The summed E-state index contributed by atoms with van der Waals surface area (Å²) in [5.41, 5.74) is 3.80. The van der Waals surface area contributed by atoms with Gasteiger partial charge < -0.3 is 29.8 Å². The van der Waals surface area contributed by atoms with E-state index in [4.69, 9.17) is 10.5 Å². The second-order valence-electron chi connectivity index (χ2n) is 7.71. The lowest BCUT2D eigenvalue weighted by Gasteiger charge is -2.35. The predicted octanol–water partition coefficient (Wildman–Crippen LogP) is 1.43. The van der Waals surface area contributed by atoms with Crippen LogP contribution in [0, 0.1) is 11.6 Å². The quantitative estimate of drug-likeness (QED) is 0.678. The molecule has 1 aromatic heterocycles. The van der Waals surface area contributed by atoms with E-state index in [2.05, 4.69) is 0 Å². The Morgan fingerprint density at radius 3 is 2.77 bits per heavy atom. The van der Waals surface area contributed by atoms with Crippen molar-refractivity contribution in [3.8, 4) is 0 Å². The van der Waals surface area contributed by atoms with Crippen LogP contribution in [0.5, 0.6) is 0 Å². The summed E-state index contributed by atoms with van der Waals surface area (Å²) in [6, 6.07) is 0.0287. The summed E-state index contributed by atoms with van der Waals surface area (Å²) in [4.78, 5) is 36.3. The molecular weight excluding hydrogens is 400 g/mol. The van der Waals surface area contributed by atoms with Crippen molar-refractivity contribution in [1.82, 2.24) is 4.57 Å². The molecule has 30 heavy (non-hydrogen) atoms. The molecule has 0 amide bonds. The fraction of sp³-hybridized carbons (Fsp3) is 0.450. The van der Waals surface area contributed by atoms with Crippen molar-refractivity contribution in [3.63, 3.8) is 0 Å². The number of aromatic nitrogens is 1. The number of carbonyl (C=O) groups excluding carboxylic acids is 1. The van der Waals surface area contributed by atoms with Gasteiger partial charge in [0.05, 0.1) is 29.7 Å². The third-order valence-electron chi connectivity index (χ3n) is 5.52. The van der Waals surface area contributed by atoms with Crippen molar-refractivity contribution in [3.05, 3.63) is 39.7 Å². The van der Waals surface area contributed by atoms with Crippen LogP contribution in [0.3, 0.4) is 0 Å². The zero-order valence-electron chi connectivity index (χ0n) is 16.0. The summed E-state index contributed by atoms with van der Waals surface area (Å²) >= 11 is 0. The molecule has 0 spiro atoms. The molecule has 10 heteroatoms. The molecule has 1 aromatic carbocycles. The SMILES string of the molecule is NC(C=O)CC1CN(c2c(F)cc3c(=O)c(C(=O)O)cn(C4CC4)c3c2F)CCO1. The Bertz CT molecular complexity index is 1080. The number of fused-ring (bicyclic) bond motifs is 1. The van der Waals surface area contributed by atoms with E-state index >= 15 is 4.39 Å². The highest BCUT2D eigenvalue weighted by Gasteiger charge is 2.32. The number of benzene rings is 1. The molecule has 160 valence electrons. The summed E-state index contributed by atoms with van der Waals surface area (Å²) in [6.45, 7) is 0.537. The molecule has 2 fully saturated rings. The van der Waals surface area contributed by atoms with Gasteiger partial charge in [-0.05, 0) is 25.3 Å². The number of nitrogens with zero attached hydrogens (tertiary/aromatic N) is 2. The number of pyridine rings is 1. The molecule has 2 aromatic rings. The third kappa shape index (κ3) is 3.56. The molecule has 0 radical (unpaired) electrons. The number of halogens is 2. The topological polar surface area (TPSA) is 115 Å². The minimum absolute atomic E-state index is 0.100. The molecule has 2 unspecified atom stereocenters. The van der Waals surface area contributed by atoms with E-state index in [0.717, 1.165) is 12.3 Å². The van der Waals surface area contributed by atoms with E-state index in [1.807, 2.05) is 0 Å². The molecule has 2 atom stereocenters. The minimum Gasteiger partial charge on any atom is -0.477 e. The maximum absolute atomic E-state index is 15.6. The fourth-order valence-corrected chi connectivity index (χ4v) is 3.94. The Morgan fingerprint density at radius 2 is 2.13 bits per heavy atom. The van der Waals surface area contributed by atoms with Crippen LogP contribution < -0.4 is 16.1 Å².